The molecule has 0 bridgehead atoms. The Morgan fingerprint density at radius 3 is 2.69 bits per heavy atom. The molecule has 1 atom stereocenters. The molecule has 3 N–H and O–H groups in total. The third-order valence-electron chi connectivity index (χ3n) is 3.56. The Labute approximate surface area is 98.2 Å². The predicted molar refractivity (Wildman–Crippen MR) is 67.9 cm³/mol. The zero-order chi connectivity index (χ0) is 11.5. The van der Waals surface area contributed by atoms with Gasteiger partial charge in [0.05, 0.1) is 0 Å². The molecule has 1 unspecified atom stereocenters. The van der Waals surface area contributed by atoms with E-state index in [4.69, 9.17) is 5.84 Å². The van der Waals surface area contributed by atoms with Crippen LogP contribution in [0.3, 0.4) is 0 Å². The van der Waals surface area contributed by atoms with Gasteiger partial charge in [0.2, 0.25) is 0 Å². The summed E-state index contributed by atoms with van der Waals surface area (Å²) in [5, 5.41) is 0. The summed E-state index contributed by atoms with van der Waals surface area (Å²) >= 11 is 0. The fourth-order valence-electron chi connectivity index (χ4n) is 2.35. The Hall–Kier alpha value is -0.860. The molecule has 0 heterocycles. The monoisotopic (exact) mass is 218 g/mol. The lowest BCUT2D eigenvalue weighted by atomic mass is 9.95. The van der Waals surface area contributed by atoms with E-state index in [0.29, 0.717) is 6.04 Å². The van der Waals surface area contributed by atoms with Crippen LogP contribution in [0.15, 0.2) is 18.2 Å². The summed E-state index contributed by atoms with van der Waals surface area (Å²) in [5.74, 6) is 6.64. The van der Waals surface area contributed by atoms with Gasteiger partial charge in [-0.2, -0.15) is 0 Å². The minimum Gasteiger partial charge on any atom is -0.271 e. The minimum atomic E-state index is 0.321. The van der Waals surface area contributed by atoms with Crippen LogP contribution in [-0.2, 0) is 0 Å². The highest BCUT2D eigenvalue weighted by atomic mass is 15.2. The highest BCUT2D eigenvalue weighted by Crippen LogP contribution is 2.36. The van der Waals surface area contributed by atoms with Crippen LogP contribution < -0.4 is 11.3 Å². The van der Waals surface area contributed by atoms with Crippen molar-refractivity contribution in [3.05, 3.63) is 34.9 Å². The summed E-state index contributed by atoms with van der Waals surface area (Å²) in [7, 11) is 0. The van der Waals surface area contributed by atoms with E-state index in [2.05, 4.69) is 37.5 Å². The molecule has 0 saturated heterocycles. The molecule has 2 rings (SSSR count). The maximum absolute atomic E-state index is 5.67. The third-order valence-corrected chi connectivity index (χ3v) is 3.56. The molecule has 16 heavy (non-hydrogen) atoms. The second-order valence-corrected chi connectivity index (χ2v) is 5.10. The van der Waals surface area contributed by atoms with Crippen molar-refractivity contribution in [2.75, 3.05) is 0 Å². The number of benzene rings is 1. The fraction of sp³-hybridized carbons (Fsp3) is 0.571. The number of hydrogen-bond donors (Lipinski definition) is 2. The van der Waals surface area contributed by atoms with Gasteiger partial charge in [-0.3, -0.25) is 11.3 Å². The van der Waals surface area contributed by atoms with Crippen molar-refractivity contribution >= 4 is 0 Å². The van der Waals surface area contributed by atoms with E-state index in [1.807, 2.05) is 0 Å². The van der Waals surface area contributed by atoms with E-state index in [-0.39, 0.29) is 0 Å². The lowest BCUT2D eigenvalue weighted by molar-refractivity contribution is 0.480. The normalized spacial score (nSPS) is 17.4. The van der Waals surface area contributed by atoms with Gasteiger partial charge in [-0.05, 0) is 43.7 Å². The number of aryl methyl sites for hydroxylation is 2. The second kappa shape index (κ2) is 4.98. The molecule has 0 radical (unpaired) electrons. The van der Waals surface area contributed by atoms with Gasteiger partial charge in [0.25, 0.3) is 0 Å². The molecule has 0 aromatic heterocycles. The lowest BCUT2D eigenvalue weighted by Crippen LogP contribution is -2.28. The van der Waals surface area contributed by atoms with Gasteiger partial charge in [0.1, 0.15) is 0 Å². The second-order valence-electron chi connectivity index (χ2n) is 5.10. The smallest absolute Gasteiger partial charge is 0.0462 e. The predicted octanol–water partition coefficient (Wildman–Crippen LogP) is 3.00. The average Bonchev–Trinajstić information content (AvgIpc) is 3.05. The number of rotatable bonds is 5. The maximum Gasteiger partial charge on any atom is 0.0462 e. The van der Waals surface area contributed by atoms with Crippen molar-refractivity contribution in [2.24, 2.45) is 11.8 Å². The molecule has 1 aromatic rings. The van der Waals surface area contributed by atoms with Crippen LogP contribution in [0.2, 0.25) is 0 Å². The maximum atomic E-state index is 5.67. The van der Waals surface area contributed by atoms with Crippen LogP contribution in [0.1, 0.15) is 48.4 Å². The molecule has 2 nitrogen and oxygen atoms in total. The number of nitrogens with one attached hydrogen (secondary N) is 1. The molecule has 1 aromatic carbocycles. The SMILES string of the molecule is Cc1ccc(C(CCC2CC2)NN)c(C)c1. The van der Waals surface area contributed by atoms with Crippen molar-refractivity contribution < 1.29 is 0 Å². The Balaban J connectivity index is 2.05. The molecule has 1 aliphatic rings. The van der Waals surface area contributed by atoms with E-state index in [1.54, 1.807) is 0 Å². The van der Waals surface area contributed by atoms with E-state index >= 15 is 0 Å². The average molecular weight is 218 g/mol. The number of hydrogen-bond acceptors (Lipinski definition) is 2. The summed E-state index contributed by atoms with van der Waals surface area (Å²) < 4.78 is 0. The van der Waals surface area contributed by atoms with Gasteiger partial charge in [0, 0.05) is 6.04 Å². The van der Waals surface area contributed by atoms with Crippen LogP contribution in [0.25, 0.3) is 0 Å². The zero-order valence-electron chi connectivity index (χ0n) is 10.3. The summed E-state index contributed by atoms with van der Waals surface area (Å²) in [4.78, 5) is 0. The first-order valence-electron chi connectivity index (χ1n) is 6.24. The molecule has 0 spiro atoms. The zero-order valence-corrected chi connectivity index (χ0v) is 10.3. The molecular weight excluding hydrogens is 196 g/mol. The van der Waals surface area contributed by atoms with E-state index < -0.39 is 0 Å². The van der Waals surface area contributed by atoms with Gasteiger partial charge < -0.3 is 0 Å². The highest BCUT2D eigenvalue weighted by Gasteiger charge is 2.23. The van der Waals surface area contributed by atoms with Crippen molar-refractivity contribution in [3.63, 3.8) is 0 Å². The number of hydrazine groups is 1. The largest absolute Gasteiger partial charge is 0.271 e. The standard InChI is InChI=1S/C14H22N2/c1-10-3-7-13(11(2)9-10)14(16-15)8-6-12-4-5-12/h3,7,9,12,14,16H,4-6,8,15H2,1-2H3. The first kappa shape index (κ1) is 11.6. The molecule has 0 amide bonds. The molecule has 0 aliphatic heterocycles. The van der Waals surface area contributed by atoms with E-state index in [1.165, 1.54) is 36.0 Å². The van der Waals surface area contributed by atoms with Crippen LogP contribution in [0.5, 0.6) is 0 Å². The Kier molecular flexibility index (Phi) is 3.62. The van der Waals surface area contributed by atoms with Crippen molar-refractivity contribution in [3.8, 4) is 0 Å². The van der Waals surface area contributed by atoms with Crippen LogP contribution in [0, 0.1) is 19.8 Å². The van der Waals surface area contributed by atoms with Crippen molar-refractivity contribution in [2.45, 2.75) is 45.6 Å². The van der Waals surface area contributed by atoms with Gasteiger partial charge in [-0.25, -0.2) is 0 Å². The molecule has 2 heteroatoms. The molecule has 88 valence electrons. The lowest BCUT2D eigenvalue weighted by Gasteiger charge is -2.18. The van der Waals surface area contributed by atoms with Crippen molar-refractivity contribution in [1.29, 1.82) is 0 Å². The van der Waals surface area contributed by atoms with E-state index in [0.717, 1.165) is 12.3 Å². The summed E-state index contributed by atoms with van der Waals surface area (Å²) in [6, 6.07) is 6.93. The molecule has 1 aliphatic carbocycles. The van der Waals surface area contributed by atoms with Crippen LogP contribution >= 0.6 is 0 Å². The van der Waals surface area contributed by atoms with Gasteiger partial charge in [0.15, 0.2) is 0 Å². The molecule has 1 saturated carbocycles. The van der Waals surface area contributed by atoms with Gasteiger partial charge >= 0.3 is 0 Å². The summed E-state index contributed by atoms with van der Waals surface area (Å²) in [6.45, 7) is 4.30. The topological polar surface area (TPSA) is 38.0 Å². The Bertz CT molecular complexity index is 356. The highest BCUT2D eigenvalue weighted by molar-refractivity contribution is 5.32. The first-order chi connectivity index (χ1) is 7.70. The van der Waals surface area contributed by atoms with Gasteiger partial charge in [-0.15, -0.1) is 0 Å². The first-order valence-corrected chi connectivity index (χ1v) is 6.24. The van der Waals surface area contributed by atoms with E-state index in [9.17, 15) is 0 Å². The fourth-order valence-corrected chi connectivity index (χ4v) is 2.35. The van der Waals surface area contributed by atoms with Gasteiger partial charge in [-0.1, -0.05) is 36.6 Å². The minimum absolute atomic E-state index is 0.321. The third kappa shape index (κ3) is 2.83. The molecular formula is C14H22N2. The molecule has 1 fully saturated rings. The Morgan fingerprint density at radius 1 is 1.38 bits per heavy atom. The number of nitrogens with two attached hydrogens (primary N) is 1. The van der Waals surface area contributed by atoms with Crippen LogP contribution in [0.4, 0.5) is 0 Å². The van der Waals surface area contributed by atoms with Crippen molar-refractivity contribution in [1.82, 2.24) is 5.43 Å². The Morgan fingerprint density at radius 2 is 2.12 bits per heavy atom. The van der Waals surface area contributed by atoms with Crippen LogP contribution in [-0.4, -0.2) is 0 Å². The quantitative estimate of drug-likeness (QED) is 0.589. The summed E-state index contributed by atoms with van der Waals surface area (Å²) in [5.41, 5.74) is 6.98. The summed E-state index contributed by atoms with van der Waals surface area (Å²) in [6.07, 6.45) is 5.31.